The van der Waals surface area contributed by atoms with Gasteiger partial charge >= 0.3 is 0 Å². The number of thiophene rings is 1. The second-order valence-corrected chi connectivity index (χ2v) is 8.03. The van der Waals surface area contributed by atoms with Crippen LogP contribution in [0, 0.1) is 11.3 Å². The van der Waals surface area contributed by atoms with Crippen molar-refractivity contribution in [2.75, 3.05) is 0 Å². The molecule has 1 aromatic carbocycles. The van der Waals surface area contributed by atoms with Crippen LogP contribution in [0.5, 0.6) is 0 Å². The van der Waals surface area contributed by atoms with Crippen molar-refractivity contribution in [2.24, 2.45) is 4.99 Å². The summed E-state index contributed by atoms with van der Waals surface area (Å²) < 4.78 is 0. The molecule has 146 valence electrons. The molecule has 7 heteroatoms. The van der Waals surface area contributed by atoms with Gasteiger partial charge in [0.2, 0.25) is 0 Å². The monoisotopic (exact) mass is 404 g/mol. The number of hydrogen-bond acceptors (Lipinski definition) is 5. The van der Waals surface area contributed by atoms with Crippen LogP contribution in [0.1, 0.15) is 52.9 Å². The highest BCUT2D eigenvalue weighted by atomic mass is 32.1. The molecule has 0 radical (unpaired) electrons. The van der Waals surface area contributed by atoms with E-state index in [9.17, 15) is 14.9 Å². The van der Waals surface area contributed by atoms with Crippen molar-refractivity contribution in [1.82, 2.24) is 10.6 Å². The van der Waals surface area contributed by atoms with Crippen molar-refractivity contribution >= 4 is 34.7 Å². The summed E-state index contributed by atoms with van der Waals surface area (Å²) in [4.78, 5) is 30.3. The van der Waals surface area contributed by atoms with Crippen molar-refractivity contribution in [3.8, 4) is 6.07 Å². The molecule has 2 heterocycles. The van der Waals surface area contributed by atoms with Gasteiger partial charge < -0.3 is 10.6 Å². The van der Waals surface area contributed by atoms with Crippen molar-refractivity contribution in [3.63, 3.8) is 0 Å². The Balaban J connectivity index is 1.65. The molecule has 0 unspecified atom stereocenters. The molecular formula is C22H20N4O2S. The SMILES string of the molecule is N#C/C(C(=O)NC1CCCCC1)=C1/N=C(NC(=O)c2cccs2)c2ccccc21. The van der Waals surface area contributed by atoms with E-state index in [1.165, 1.54) is 17.8 Å². The molecule has 0 bridgehead atoms. The van der Waals surface area contributed by atoms with E-state index >= 15 is 0 Å². The molecule has 0 spiro atoms. The topological polar surface area (TPSA) is 94.3 Å². The van der Waals surface area contributed by atoms with Gasteiger partial charge in [0.25, 0.3) is 11.8 Å². The lowest BCUT2D eigenvalue weighted by molar-refractivity contribution is -0.117. The number of nitriles is 1. The summed E-state index contributed by atoms with van der Waals surface area (Å²) in [6.07, 6.45) is 5.22. The summed E-state index contributed by atoms with van der Waals surface area (Å²) in [7, 11) is 0. The number of amides is 2. The molecule has 1 aliphatic heterocycles. The Morgan fingerprint density at radius 2 is 1.83 bits per heavy atom. The molecule has 1 fully saturated rings. The largest absolute Gasteiger partial charge is 0.349 e. The maximum absolute atomic E-state index is 12.8. The lowest BCUT2D eigenvalue weighted by Gasteiger charge is -2.22. The number of carbonyl (C=O) groups excluding carboxylic acids is 2. The third-order valence-electron chi connectivity index (χ3n) is 5.15. The van der Waals surface area contributed by atoms with E-state index in [0.717, 1.165) is 25.7 Å². The third-order valence-corrected chi connectivity index (χ3v) is 6.02. The second-order valence-electron chi connectivity index (χ2n) is 7.08. The first-order valence-corrected chi connectivity index (χ1v) is 10.5. The first-order chi connectivity index (χ1) is 14.2. The lowest BCUT2D eigenvalue weighted by atomic mass is 9.95. The van der Waals surface area contributed by atoms with Gasteiger partial charge in [0.05, 0.1) is 10.6 Å². The summed E-state index contributed by atoms with van der Waals surface area (Å²) in [5.74, 6) is -0.314. The molecule has 0 saturated heterocycles. The highest BCUT2D eigenvalue weighted by Gasteiger charge is 2.28. The molecule has 1 saturated carbocycles. The van der Waals surface area contributed by atoms with E-state index in [1.54, 1.807) is 12.1 Å². The van der Waals surface area contributed by atoms with Crippen LogP contribution in [0.25, 0.3) is 5.70 Å². The van der Waals surface area contributed by atoms with Crippen LogP contribution in [0.15, 0.2) is 52.3 Å². The smallest absolute Gasteiger partial charge is 0.266 e. The Labute approximate surface area is 173 Å². The molecule has 0 atom stereocenters. The van der Waals surface area contributed by atoms with Crippen molar-refractivity contribution in [1.29, 1.82) is 5.26 Å². The van der Waals surface area contributed by atoms with Crippen LogP contribution in [-0.4, -0.2) is 23.7 Å². The number of aliphatic imine (C=N–C) groups is 1. The zero-order chi connectivity index (χ0) is 20.2. The molecule has 2 amide bonds. The van der Waals surface area contributed by atoms with Gasteiger partial charge in [-0.1, -0.05) is 49.6 Å². The van der Waals surface area contributed by atoms with Crippen LogP contribution in [-0.2, 0) is 4.79 Å². The number of rotatable bonds is 3. The Hall–Kier alpha value is -3.24. The Morgan fingerprint density at radius 3 is 2.52 bits per heavy atom. The van der Waals surface area contributed by atoms with Crippen LogP contribution < -0.4 is 10.6 Å². The maximum Gasteiger partial charge on any atom is 0.266 e. The average molecular weight is 404 g/mol. The number of amidine groups is 1. The highest BCUT2D eigenvalue weighted by Crippen LogP contribution is 2.31. The number of fused-ring (bicyclic) bond motifs is 1. The first-order valence-electron chi connectivity index (χ1n) is 9.66. The second kappa shape index (κ2) is 8.41. The van der Waals surface area contributed by atoms with E-state index in [0.29, 0.717) is 27.5 Å². The van der Waals surface area contributed by atoms with Gasteiger partial charge in [0.1, 0.15) is 17.5 Å². The molecule has 6 nitrogen and oxygen atoms in total. The van der Waals surface area contributed by atoms with Crippen molar-refractivity contribution in [2.45, 2.75) is 38.1 Å². The quantitative estimate of drug-likeness (QED) is 0.604. The average Bonchev–Trinajstić information content (AvgIpc) is 3.39. The van der Waals surface area contributed by atoms with Gasteiger partial charge in [0, 0.05) is 17.2 Å². The molecule has 29 heavy (non-hydrogen) atoms. The predicted octanol–water partition coefficient (Wildman–Crippen LogP) is 3.62. The fourth-order valence-corrected chi connectivity index (χ4v) is 4.33. The summed E-state index contributed by atoms with van der Waals surface area (Å²) in [5, 5.41) is 17.3. The molecule has 2 aliphatic rings. The third kappa shape index (κ3) is 3.98. The minimum absolute atomic E-state index is 0.0246. The number of nitrogens with one attached hydrogen (secondary N) is 2. The van der Waals surface area contributed by atoms with Gasteiger partial charge in [0.15, 0.2) is 0 Å². The Bertz CT molecular complexity index is 1040. The van der Waals surface area contributed by atoms with Crippen LogP contribution in [0.2, 0.25) is 0 Å². The molecule has 2 N–H and O–H groups in total. The van der Waals surface area contributed by atoms with Crippen LogP contribution in [0.4, 0.5) is 0 Å². The van der Waals surface area contributed by atoms with Gasteiger partial charge in [-0.25, -0.2) is 4.99 Å². The zero-order valence-corrected chi connectivity index (χ0v) is 16.6. The van der Waals surface area contributed by atoms with E-state index in [2.05, 4.69) is 15.6 Å². The minimum Gasteiger partial charge on any atom is -0.349 e. The molecule has 2 aromatic rings. The van der Waals surface area contributed by atoms with Gasteiger partial charge in [-0.15, -0.1) is 11.3 Å². The summed E-state index contributed by atoms with van der Waals surface area (Å²) in [5.41, 5.74) is 1.65. The zero-order valence-electron chi connectivity index (χ0n) is 15.8. The molecule has 1 aromatic heterocycles. The highest BCUT2D eigenvalue weighted by molar-refractivity contribution is 7.12. The lowest BCUT2D eigenvalue weighted by Crippen LogP contribution is -2.37. The fraction of sp³-hybridized carbons (Fsp3) is 0.273. The van der Waals surface area contributed by atoms with E-state index in [1.807, 2.05) is 35.7 Å². The van der Waals surface area contributed by atoms with E-state index in [-0.39, 0.29) is 17.5 Å². The number of carbonyl (C=O) groups is 2. The number of benzene rings is 1. The normalized spacial score (nSPS) is 17.7. The predicted molar refractivity (Wildman–Crippen MR) is 112 cm³/mol. The van der Waals surface area contributed by atoms with Crippen LogP contribution >= 0.6 is 11.3 Å². The molecule has 1 aliphatic carbocycles. The summed E-state index contributed by atoms with van der Waals surface area (Å²) >= 11 is 1.34. The Morgan fingerprint density at radius 1 is 1.07 bits per heavy atom. The fourth-order valence-electron chi connectivity index (χ4n) is 3.71. The molecule has 4 rings (SSSR count). The Kier molecular flexibility index (Phi) is 5.54. The molecular weight excluding hydrogens is 384 g/mol. The van der Waals surface area contributed by atoms with Gasteiger partial charge in [-0.2, -0.15) is 5.26 Å². The van der Waals surface area contributed by atoms with Crippen LogP contribution in [0.3, 0.4) is 0 Å². The summed E-state index contributed by atoms with van der Waals surface area (Å²) in [6.45, 7) is 0. The standard InChI is InChI=1S/C22H20N4O2S/c23-13-17(21(27)24-14-7-2-1-3-8-14)19-15-9-4-5-10-16(15)20(25-19)26-22(28)18-11-6-12-29-18/h4-6,9-12,14H,1-3,7-8H2,(H,24,27)(H,25,26,28)/b19-17-. The number of hydrogen-bond donors (Lipinski definition) is 2. The van der Waals surface area contributed by atoms with Gasteiger partial charge in [-0.05, 0) is 24.3 Å². The first kappa shape index (κ1) is 19.1. The number of nitrogens with zero attached hydrogens (tertiary/aromatic N) is 2. The van der Waals surface area contributed by atoms with E-state index < -0.39 is 5.91 Å². The maximum atomic E-state index is 12.8. The minimum atomic E-state index is -0.404. The van der Waals surface area contributed by atoms with Crippen molar-refractivity contribution < 1.29 is 9.59 Å². The van der Waals surface area contributed by atoms with Gasteiger partial charge in [-0.3, -0.25) is 9.59 Å². The summed E-state index contributed by atoms with van der Waals surface area (Å²) in [6, 6.07) is 13.0. The van der Waals surface area contributed by atoms with Crippen molar-refractivity contribution in [3.05, 3.63) is 63.4 Å². The van der Waals surface area contributed by atoms with E-state index in [4.69, 9.17) is 0 Å².